The van der Waals surface area contributed by atoms with Crippen molar-refractivity contribution in [3.05, 3.63) is 53.9 Å². The Kier molecular flexibility index (Phi) is 3.97. The zero-order valence-electron chi connectivity index (χ0n) is 10.5. The van der Waals surface area contributed by atoms with E-state index < -0.39 is 0 Å². The van der Waals surface area contributed by atoms with Gasteiger partial charge in [0.25, 0.3) is 5.91 Å². The Labute approximate surface area is 110 Å². The van der Waals surface area contributed by atoms with Crippen molar-refractivity contribution in [3.63, 3.8) is 0 Å². The first kappa shape index (κ1) is 12.9. The van der Waals surface area contributed by atoms with Crippen molar-refractivity contribution >= 4 is 5.91 Å². The summed E-state index contributed by atoms with van der Waals surface area (Å²) >= 11 is 0. The van der Waals surface area contributed by atoms with Crippen LogP contribution in [-0.2, 0) is 6.54 Å². The van der Waals surface area contributed by atoms with E-state index in [1.165, 1.54) is 18.5 Å². The van der Waals surface area contributed by atoms with E-state index in [9.17, 15) is 9.90 Å². The predicted octanol–water partition coefficient (Wildman–Crippen LogP) is 1.73. The minimum atomic E-state index is -0.345. The Hall–Kier alpha value is -2.56. The summed E-state index contributed by atoms with van der Waals surface area (Å²) < 4.78 is 5.10. The maximum atomic E-state index is 11.9. The second-order valence-electron chi connectivity index (χ2n) is 3.93. The summed E-state index contributed by atoms with van der Waals surface area (Å²) in [6, 6.07) is 8.88. The monoisotopic (exact) mass is 258 g/mol. The number of pyridine rings is 1. The highest BCUT2D eigenvalue weighted by Crippen LogP contribution is 2.15. The summed E-state index contributed by atoms with van der Waals surface area (Å²) in [7, 11) is 1.59. The van der Waals surface area contributed by atoms with E-state index in [0.717, 1.165) is 11.3 Å². The Morgan fingerprint density at radius 1 is 1.42 bits per heavy atom. The van der Waals surface area contributed by atoms with Gasteiger partial charge in [-0.1, -0.05) is 12.1 Å². The topological polar surface area (TPSA) is 71.5 Å². The number of nitrogens with one attached hydrogen (secondary N) is 1. The first-order chi connectivity index (χ1) is 9.20. The van der Waals surface area contributed by atoms with Crippen LogP contribution in [0, 0.1) is 0 Å². The van der Waals surface area contributed by atoms with E-state index in [1.807, 2.05) is 24.3 Å². The molecule has 1 aromatic heterocycles. The van der Waals surface area contributed by atoms with Crippen LogP contribution in [0.5, 0.6) is 11.5 Å². The average Bonchev–Trinajstić information content (AvgIpc) is 2.45. The number of benzene rings is 1. The number of nitrogens with zero attached hydrogens (tertiary/aromatic N) is 1. The largest absolute Gasteiger partial charge is 0.505 e. The zero-order chi connectivity index (χ0) is 13.7. The van der Waals surface area contributed by atoms with E-state index in [-0.39, 0.29) is 17.2 Å². The molecule has 0 saturated heterocycles. The van der Waals surface area contributed by atoms with Gasteiger partial charge in [0.15, 0.2) is 0 Å². The zero-order valence-corrected chi connectivity index (χ0v) is 10.5. The Morgan fingerprint density at radius 3 is 3.00 bits per heavy atom. The average molecular weight is 258 g/mol. The van der Waals surface area contributed by atoms with E-state index >= 15 is 0 Å². The van der Waals surface area contributed by atoms with Crippen molar-refractivity contribution in [2.24, 2.45) is 0 Å². The third-order valence-electron chi connectivity index (χ3n) is 2.63. The quantitative estimate of drug-likeness (QED) is 0.876. The third-order valence-corrected chi connectivity index (χ3v) is 2.63. The Balaban J connectivity index is 2.02. The molecule has 0 radical (unpaired) electrons. The van der Waals surface area contributed by atoms with Crippen LogP contribution in [0.2, 0.25) is 0 Å². The number of hydrogen-bond acceptors (Lipinski definition) is 4. The lowest BCUT2D eigenvalue weighted by atomic mass is 10.2. The van der Waals surface area contributed by atoms with E-state index in [2.05, 4.69) is 10.3 Å². The lowest BCUT2D eigenvalue weighted by molar-refractivity contribution is 0.0948. The summed E-state index contributed by atoms with van der Waals surface area (Å²) in [6.07, 6.45) is 2.70. The third kappa shape index (κ3) is 3.22. The molecule has 5 nitrogen and oxygen atoms in total. The smallest absolute Gasteiger partial charge is 0.255 e. The van der Waals surface area contributed by atoms with Gasteiger partial charge >= 0.3 is 0 Å². The van der Waals surface area contributed by atoms with Crippen LogP contribution in [-0.4, -0.2) is 23.1 Å². The summed E-state index contributed by atoms with van der Waals surface area (Å²) in [6.45, 7) is 0.359. The summed E-state index contributed by atoms with van der Waals surface area (Å²) in [5.41, 5.74) is 1.12. The summed E-state index contributed by atoms with van der Waals surface area (Å²) in [4.78, 5) is 15.6. The number of ether oxygens (including phenoxy) is 1. The number of hydrogen-bond donors (Lipinski definition) is 2. The number of aromatic nitrogens is 1. The van der Waals surface area contributed by atoms with Crippen LogP contribution < -0.4 is 10.1 Å². The van der Waals surface area contributed by atoms with Crippen LogP contribution in [0.3, 0.4) is 0 Å². The van der Waals surface area contributed by atoms with Gasteiger partial charge in [0.05, 0.1) is 18.9 Å². The Morgan fingerprint density at radius 2 is 2.26 bits per heavy atom. The lowest BCUT2D eigenvalue weighted by Gasteiger charge is -2.07. The number of aromatic hydroxyl groups is 1. The van der Waals surface area contributed by atoms with Crippen LogP contribution in [0.25, 0.3) is 0 Å². The van der Waals surface area contributed by atoms with Crippen LogP contribution >= 0.6 is 0 Å². The number of amides is 1. The van der Waals surface area contributed by atoms with Gasteiger partial charge in [0.2, 0.25) is 0 Å². The van der Waals surface area contributed by atoms with Crippen molar-refractivity contribution < 1.29 is 14.6 Å². The van der Waals surface area contributed by atoms with E-state index in [4.69, 9.17) is 4.74 Å². The van der Waals surface area contributed by atoms with Crippen LogP contribution in [0.4, 0.5) is 0 Å². The van der Waals surface area contributed by atoms with Crippen molar-refractivity contribution in [2.75, 3.05) is 7.11 Å². The molecule has 19 heavy (non-hydrogen) atoms. The van der Waals surface area contributed by atoms with Gasteiger partial charge in [-0.3, -0.25) is 9.78 Å². The van der Waals surface area contributed by atoms with Crippen molar-refractivity contribution in [1.29, 1.82) is 0 Å². The molecule has 5 heteroatoms. The second-order valence-corrected chi connectivity index (χ2v) is 3.93. The molecule has 0 bridgehead atoms. The van der Waals surface area contributed by atoms with Gasteiger partial charge in [0.1, 0.15) is 11.5 Å². The molecule has 98 valence electrons. The molecule has 0 aliphatic heterocycles. The molecule has 0 atom stereocenters. The van der Waals surface area contributed by atoms with Crippen LogP contribution in [0.1, 0.15) is 15.9 Å². The van der Waals surface area contributed by atoms with Gasteiger partial charge in [-0.15, -0.1) is 0 Å². The van der Waals surface area contributed by atoms with Crippen molar-refractivity contribution in [1.82, 2.24) is 10.3 Å². The van der Waals surface area contributed by atoms with Gasteiger partial charge in [-0.05, 0) is 23.8 Å². The standard InChI is InChI=1S/C14H14N2O3/c1-19-11-4-2-3-10(7-11)8-16-14(18)12-5-6-15-9-13(12)17/h2-7,9,17H,8H2,1H3,(H,16,18). The maximum absolute atomic E-state index is 11.9. The molecule has 1 heterocycles. The van der Waals surface area contributed by atoms with Crippen molar-refractivity contribution in [2.45, 2.75) is 6.54 Å². The molecular weight excluding hydrogens is 244 g/mol. The second kappa shape index (κ2) is 5.86. The first-order valence-electron chi connectivity index (χ1n) is 5.75. The van der Waals surface area contributed by atoms with Gasteiger partial charge in [-0.2, -0.15) is 0 Å². The SMILES string of the molecule is COc1cccc(CNC(=O)c2ccncc2O)c1. The molecule has 0 fully saturated rings. The molecule has 1 amide bonds. The molecule has 0 spiro atoms. The molecule has 0 aliphatic rings. The molecule has 2 rings (SSSR count). The predicted molar refractivity (Wildman–Crippen MR) is 70.1 cm³/mol. The molecular formula is C14H14N2O3. The number of rotatable bonds is 4. The molecule has 2 aromatic rings. The van der Waals surface area contributed by atoms with Gasteiger partial charge < -0.3 is 15.2 Å². The highest BCUT2D eigenvalue weighted by atomic mass is 16.5. The molecule has 2 N–H and O–H groups in total. The minimum Gasteiger partial charge on any atom is -0.505 e. The Bertz CT molecular complexity index is 584. The molecule has 0 saturated carbocycles. The molecule has 1 aromatic carbocycles. The fraction of sp³-hybridized carbons (Fsp3) is 0.143. The summed E-state index contributed by atoms with van der Waals surface area (Å²) in [5, 5.41) is 12.2. The number of methoxy groups -OCH3 is 1. The maximum Gasteiger partial charge on any atom is 0.255 e. The highest BCUT2D eigenvalue weighted by Gasteiger charge is 2.10. The van der Waals surface area contributed by atoms with Gasteiger partial charge in [0, 0.05) is 12.7 Å². The summed E-state index contributed by atoms with van der Waals surface area (Å²) in [5.74, 6) is 0.256. The number of carbonyl (C=O) groups is 1. The van der Waals surface area contributed by atoms with Crippen LogP contribution in [0.15, 0.2) is 42.7 Å². The molecule has 0 unspecified atom stereocenters. The van der Waals surface area contributed by atoms with Gasteiger partial charge in [-0.25, -0.2) is 0 Å². The lowest BCUT2D eigenvalue weighted by Crippen LogP contribution is -2.22. The fourth-order valence-corrected chi connectivity index (χ4v) is 1.64. The first-order valence-corrected chi connectivity index (χ1v) is 5.75. The normalized spacial score (nSPS) is 9.95. The molecule has 0 aliphatic carbocycles. The fourth-order valence-electron chi connectivity index (χ4n) is 1.64. The van der Waals surface area contributed by atoms with E-state index in [0.29, 0.717) is 6.54 Å². The number of carbonyl (C=O) groups excluding carboxylic acids is 1. The van der Waals surface area contributed by atoms with E-state index in [1.54, 1.807) is 7.11 Å². The minimum absolute atomic E-state index is 0.134. The van der Waals surface area contributed by atoms with Crippen molar-refractivity contribution in [3.8, 4) is 11.5 Å². The highest BCUT2D eigenvalue weighted by molar-refractivity contribution is 5.96.